The van der Waals surface area contributed by atoms with Crippen LogP contribution in [0, 0.1) is 0 Å². The Balaban J connectivity index is 2.17. The van der Waals surface area contributed by atoms with Crippen LogP contribution in [0.1, 0.15) is 32.6 Å². The molecule has 1 saturated heterocycles. The van der Waals surface area contributed by atoms with Crippen molar-refractivity contribution in [2.75, 3.05) is 19.6 Å². The number of hydrogen-bond donors (Lipinski definition) is 1. The molecule has 1 aromatic heterocycles. The molecule has 7 heteroatoms. The molecular formula is C13H24N4O2S. The zero-order valence-corrected chi connectivity index (χ0v) is 13.1. The van der Waals surface area contributed by atoms with Crippen LogP contribution >= 0.6 is 0 Å². The maximum Gasteiger partial charge on any atom is 0.260 e. The number of aromatic nitrogens is 2. The van der Waals surface area contributed by atoms with Gasteiger partial charge < -0.3 is 5.32 Å². The molecule has 1 aliphatic rings. The van der Waals surface area contributed by atoms with Crippen LogP contribution < -0.4 is 5.32 Å². The molecule has 1 unspecified atom stereocenters. The van der Waals surface area contributed by atoms with Crippen molar-refractivity contribution < 1.29 is 8.42 Å². The number of hydrogen-bond acceptors (Lipinski definition) is 4. The molecule has 0 amide bonds. The van der Waals surface area contributed by atoms with Crippen LogP contribution in [-0.2, 0) is 17.1 Å². The smallest absolute Gasteiger partial charge is 0.260 e. The van der Waals surface area contributed by atoms with Crippen LogP contribution in [0.2, 0.25) is 0 Å². The Morgan fingerprint density at radius 1 is 1.45 bits per heavy atom. The Morgan fingerprint density at radius 2 is 2.25 bits per heavy atom. The van der Waals surface area contributed by atoms with E-state index in [2.05, 4.69) is 17.3 Å². The molecule has 1 N–H and O–H groups in total. The number of aryl methyl sites for hydroxylation is 1. The van der Waals surface area contributed by atoms with Crippen LogP contribution in [0.25, 0.3) is 0 Å². The quantitative estimate of drug-likeness (QED) is 0.795. The van der Waals surface area contributed by atoms with Crippen molar-refractivity contribution in [2.24, 2.45) is 7.05 Å². The van der Waals surface area contributed by atoms with E-state index in [-0.39, 0.29) is 11.1 Å². The van der Waals surface area contributed by atoms with Crippen molar-refractivity contribution >= 4 is 10.0 Å². The lowest BCUT2D eigenvalue weighted by atomic mass is 10.1. The van der Waals surface area contributed by atoms with Gasteiger partial charge in [-0.15, -0.1) is 0 Å². The highest BCUT2D eigenvalue weighted by Crippen LogP contribution is 2.24. The lowest BCUT2D eigenvalue weighted by Gasteiger charge is -2.34. The Kier molecular flexibility index (Phi) is 5.17. The molecule has 0 aromatic carbocycles. The highest BCUT2D eigenvalue weighted by atomic mass is 32.2. The number of sulfonamides is 1. The van der Waals surface area contributed by atoms with Crippen molar-refractivity contribution in [3.8, 4) is 0 Å². The molecule has 2 heterocycles. The van der Waals surface area contributed by atoms with E-state index < -0.39 is 10.0 Å². The van der Waals surface area contributed by atoms with E-state index in [1.807, 2.05) is 0 Å². The van der Waals surface area contributed by atoms with Crippen molar-refractivity contribution in [3.05, 3.63) is 12.3 Å². The summed E-state index contributed by atoms with van der Waals surface area (Å²) in [6, 6.07) is 1.62. The first-order valence-corrected chi connectivity index (χ1v) is 8.72. The molecule has 0 bridgehead atoms. The van der Waals surface area contributed by atoms with Crippen LogP contribution in [0.4, 0.5) is 0 Å². The van der Waals surface area contributed by atoms with Crippen molar-refractivity contribution in [2.45, 2.75) is 43.7 Å². The maximum absolute atomic E-state index is 12.7. The second kappa shape index (κ2) is 6.69. The highest BCUT2D eigenvalue weighted by Gasteiger charge is 2.34. The van der Waals surface area contributed by atoms with E-state index in [1.165, 1.54) is 10.9 Å². The summed E-state index contributed by atoms with van der Waals surface area (Å²) in [4.78, 5) is 0. The standard InChI is InChI=1S/C13H24N4O2S/c1-3-8-14-11-12-6-4-5-10-17(12)20(18,19)13-7-9-15-16(13)2/h7,9,12,14H,3-6,8,10-11H2,1-2H3. The molecule has 6 nitrogen and oxygen atoms in total. The highest BCUT2D eigenvalue weighted by molar-refractivity contribution is 7.89. The molecule has 1 aromatic rings. The molecule has 114 valence electrons. The van der Waals surface area contributed by atoms with Crippen molar-refractivity contribution in [1.82, 2.24) is 19.4 Å². The van der Waals surface area contributed by atoms with Gasteiger partial charge in [-0.3, -0.25) is 4.68 Å². The second-order valence-electron chi connectivity index (χ2n) is 5.26. The molecule has 0 aliphatic carbocycles. The fourth-order valence-electron chi connectivity index (χ4n) is 2.67. The number of nitrogens with one attached hydrogen (secondary N) is 1. The van der Waals surface area contributed by atoms with E-state index in [1.54, 1.807) is 17.4 Å². The summed E-state index contributed by atoms with van der Waals surface area (Å²) < 4.78 is 28.6. The molecule has 1 fully saturated rings. The number of piperidine rings is 1. The van der Waals surface area contributed by atoms with E-state index >= 15 is 0 Å². The average molecular weight is 300 g/mol. The lowest BCUT2D eigenvalue weighted by Crippen LogP contribution is -2.48. The van der Waals surface area contributed by atoms with Gasteiger partial charge in [-0.05, 0) is 31.9 Å². The first-order chi connectivity index (χ1) is 9.57. The molecule has 2 rings (SSSR count). The minimum absolute atomic E-state index is 0.0511. The average Bonchev–Trinajstić information content (AvgIpc) is 2.86. The van der Waals surface area contributed by atoms with E-state index in [4.69, 9.17) is 0 Å². The minimum Gasteiger partial charge on any atom is -0.315 e. The topological polar surface area (TPSA) is 67.2 Å². The summed E-state index contributed by atoms with van der Waals surface area (Å²) in [5, 5.41) is 7.59. The third-order valence-corrected chi connectivity index (χ3v) is 5.76. The van der Waals surface area contributed by atoms with Gasteiger partial charge in [0.2, 0.25) is 0 Å². The predicted molar refractivity (Wildman–Crippen MR) is 77.9 cm³/mol. The van der Waals surface area contributed by atoms with Crippen molar-refractivity contribution in [3.63, 3.8) is 0 Å². The van der Waals surface area contributed by atoms with Gasteiger partial charge in [-0.1, -0.05) is 13.3 Å². The summed E-state index contributed by atoms with van der Waals surface area (Å²) in [6.07, 6.45) is 5.54. The summed E-state index contributed by atoms with van der Waals surface area (Å²) in [6.45, 7) is 4.37. The zero-order chi connectivity index (χ0) is 14.6. The number of rotatable bonds is 6. The molecule has 0 saturated carbocycles. The summed E-state index contributed by atoms with van der Waals surface area (Å²) in [5.41, 5.74) is 0. The zero-order valence-electron chi connectivity index (χ0n) is 12.2. The Bertz CT molecular complexity index is 526. The summed E-state index contributed by atoms with van der Waals surface area (Å²) in [7, 11) is -1.77. The van der Waals surface area contributed by atoms with Gasteiger partial charge in [0, 0.05) is 26.2 Å². The largest absolute Gasteiger partial charge is 0.315 e. The maximum atomic E-state index is 12.7. The molecule has 1 aliphatic heterocycles. The summed E-state index contributed by atoms with van der Waals surface area (Å²) in [5.74, 6) is 0. The van der Waals surface area contributed by atoms with Crippen LogP contribution in [0.15, 0.2) is 17.3 Å². The molecule has 20 heavy (non-hydrogen) atoms. The fourth-order valence-corrected chi connectivity index (χ4v) is 4.47. The predicted octanol–water partition coefficient (Wildman–Crippen LogP) is 0.963. The van der Waals surface area contributed by atoms with Gasteiger partial charge in [0.05, 0.1) is 6.20 Å². The Morgan fingerprint density at radius 3 is 2.90 bits per heavy atom. The Labute approximate surface area is 121 Å². The van der Waals surface area contributed by atoms with Gasteiger partial charge >= 0.3 is 0 Å². The molecule has 1 atom stereocenters. The molecular weight excluding hydrogens is 276 g/mol. The first-order valence-electron chi connectivity index (χ1n) is 7.28. The van der Waals surface area contributed by atoms with Gasteiger partial charge in [0.25, 0.3) is 10.0 Å². The van der Waals surface area contributed by atoms with E-state index in [0.717, 1.165) is 38.8 Å². The molecule has 0 spiro atoms. The first kappa shape index (κ1) is 15.5. The lowest BCUT2D eigenvalue weighted by molar-refractivity contribution is 0.244. The monoisotopic (exact) mass is 300 g/mol. The summed E-state index contributed by atoms with van der Waals surface area (Å²) >= 11 is 0. The fraction of sp³-hybridized carbons (Fsp3) is 0.769. The van der Waals surface area contributed by atoms with Gasteiger partial charge in [-0.2, -0.15) is 9.40 Å². The van der Waals surface area contributed by atoms with Gasteiger partial charge in [0.15, 0.2) is 5.03 Å². The Hall–Kier alpha value is -0.920. The van der Waals surface area contributed by atoms with Crippen LogP contribution in [0.5, 0.6) is 0 Å². The number of nitrogens with zero attached hydrogens (tertiary/aromatic N) is 3. The van der Waals surface area contributed by atoms with Crippen molar-refractivity contribution in [1.29, 1.82) is 0 Å². The third kappa shape index (κ3) is 3.21. The van der Waals surface area contributed by atoms with Gasteiger partial charge in [-0.25, -0.2) is 8.42 Å². The van der Waals surface area contributed by atoms with Gasteiger partial charge in [0.1, 0.15) is 0 Å². The second-order valence-corrected chi connectivity index (χ2v) is 7.10. The third-order valence-electron chi connectivity index (χ3n) is 3.73. The molecule has 0 radical (unpaired) electrons. The minimum atomic E-state index is -3.44. The van der Waals surface area contributed by atoms with E-state index in [9.17, 15) is 8.42 Å². The van der Waals surface area contributed by atoms with Crippen LogP contribution in [0.3, 0.4) is 0 Å². The normalized spacial score (nSPS) is 21.2. The van der Waals surface area contributed by atoms with Crippen LogP contribution in [-0.4, -0.2) is 48.2 Å². The SMILES string of the molecule is CCCNCC1CCCCN1S(=O)(=O)c1ccnn1C. The van der Waals surface area contributed by atoms with E-state index in [0.29, 0.717) is 6.54 Å².